The second-order valence-corrected chi connectivity index (χ2v) is 7.44. The first-order chi connectivity index (χ1) is 15.5. The molecular weight excluding hydrogens is 392 g/mol. The number of rotatable bonds is 10. The standard InChI is InChI=1S/C30H32O2/c1-25(13-7-15-27(3)19-21-29-17-9-23-31-29)11-5-6-12-26(2)14-8-16-28(4)20-22-30-18-10-24-32-30/h5-24H,1-4H3/b6-5+,13-7+,14-8+,21-19+,22-20+,25-11+,26-12+,27-15+,28-16+. The first-order valence-corrected chi connectivity index (χ1v) is 10.7. The highest BCUT2D eigenvalue weighted by Gasteiger charge is 1.88. The number of furan rings is 2. The van der Waals surface area contributed by atoms with E-state index in [-0.39, 0.29) is 0 Å². The van der Waals surface area contributed by atoms with Gasteiger partial charge in [0.25, 0.3) is 0 Å². The van der Waals surface area contributed by atoms with Crippen LogP contribution in [-0.4, -0.2) is 0 Å². The smallest absolute Gasteiger partial charge is 0.126 e. The fourth-order valence-electron chi connectivity index (χ4n) is 2.54. The Labute approximate surface area is 192 Å². The number of hydrogen-bond donors (Lipinski definition) is 0. The maximum absolute atomic E-state index is 5.29. The first kappa shape index (κ1) is 24.5. The Kier molecular flexibility index (Phi) is 10.9. The van der Waals surface area contributed by atoms with Crippen molar-refractivity contribution in [2.45, 2.75) is 27.7 Å². The van der Waals surface area contributed by atoms with E-state index in [2.05, 4.69) is 88.5 Å². The zero-order chi connectivity index (χ0) is 23.0. The minimum atomic E-state index is 0.856. The van der Waals surface area contributed by atoms with Crippen LogP contribution in [0.4, 0.5) is 0 Å². The molecule has 0 aliphatic heterocycles. The monoisotopic (exact) mass is 424 g/mol. The van der Waals surface area contributed by atoms with Gasteiger partial charge in [-0.2, -0.15) is 0 Å². The van der Waals surface area contributed by atoms with E-state index in [1.807, 2.05) is 48.6 Å². The van der Waals surface area contributed by atoms with Crippen LogP contribution in [0.2, 0.25) is 0 Å². The average molecular weight is 425 g/mol. The van der Waals surface area contributed by atoms with E-state index in [4.69, 9.17) is 8.83 Å². The summed E-state index contributed by atoms with van der Waals surface area (Å²) in [5.41, 5.74) is 4.69. The highest BCUT2D eigenvalue weighted by Crippen LogP contribution is 2.07. The molecule has 0 saturated heterocycles. The summed E-state index contributed by atoms with van der Waals surface area (Å²) in [6.07, 6.45) is 32.1. The van der Waals surface area contributed by atoms with Gasteiger partial charge in [-0.3, -0.25) is 0 Å². The Bertz CT molecular complexity index is 984. The molecular formula is C30H32O2. The van der Waals surface area contributed by atoms with E-state index in [0.29, 0.717) is 0 Å². The van der Waals surface area contributed by atoms with Crippen molar-refractivity contribution >= 4 is 12.2 Å². The fraction of sp³-hybridized carbons (Fsp3) is 0.133. The Morgan fingerprint density at radius 2 is 0.906 bits per heavy atom. The predicted octanol–water partition coefficient (Wildman–Crippen LogP) is 9.05. The Morgan fingerprint density at radius 1 is 0.531 bits per heavy atom. The van der Waals surface area contributed by atoms with E-state index in [0.717, 1.165) is 22.7 Å². The lowest BCUT2D eigenvalue weighted by Crippen LogP contribution is -1.70. The SMILES string of the molecule is CC(/C=C/C=C(C)/C=C/c1ccco1)=C\C=C\C=C(C)\C=C\C=C(C)\C=C\c1ccco1. The zero-order valence-corrected chi connectivity index (χ0v) is 19.4. The third kappa shape index (κ3) is 10.8. The quantitative estimate of drug-likeness (QED) is 0.356. The van der Waals surface area contributed by atoms with Crippen molar-refractivity contribution in [2.24, 2.45) is 0 Å². The highest BCUT2D eigenvalue weighted by atomic mass is 16.3. The summed E-state index contributed by atoms with van der Waals surface area (Å²) in [6.45, 7) is 8.30. The molecule has 0 aliphatic carbocycles. The van der Waals surface area contributed by atoms with Gasteiger partial charge in [-0.1, -0.05) is 95.2 Å². The van der Waals surface area contributed by atoms with Crippen LogP contribution in [0.25, 0.3) is 12.2 Å². The van der Waals surface area contributed by atoms with Crippen LogP contribution < -0.4 is 0 Å². The van der Waals surface area contributed by atoms with Crippen molar-refractivity contribution < 1.29 is 8.83 Å². The fourth-order valence-corrected chi connectivity index (χ4v) is 2.54. The summed E-state index contributed by atoms with van der Waals surface area (Å²) in [4.78, 5) is 0. The minimum absolute atomic E-state index is 0.856. The molecule has 0 fully saturated rings. The Morgan fingerprint density at radius 3 is 1.28 bits per heavy atom. The summed E-state index contributed by atoms with van der Waals surface area (Å²) < 4.78 is 10.6. The molecule has 0 radical (unpaired) electrons. The van der Waals surface area contributed by atoms with Crippen LogP contribution in [-0.2, 0) is 0 Å². The topological polar surface area (TPSA) is 26.3 Å². The highest BCUT2D eigenvalue weighted by molar-refractivity contribution is 5.48. The second-order valence-electron chi connectivity index (χ2n) is 7.44. The molecule has 0 spiro atoms. The van der Waals surface area contributed by atoms with Gasteiger partial charge in [0.15, 0.2) is 0 Å². The number of hydrogen-bond acceptors (Lipinski definition) is 2. The molecule has 0 amide bonds. The van der Waals surface area contributed by atoms with Gasteiger partial charge in [0.1, 0.15) is 11.5 Å². The van der Waals surface area contributed by atoms with E-state index < -0.39 is 0 Å². The molecule has 0 unspecified atom stereocenters. The van der Waals surface area contributed by atoms with Crippen LogP contribution in [0.15, 0.2) is 141 Å². The van der Waals surface area contributed by atoms with Gasteiger partial charge in [-0.25, -0.2) is 0 Å². The molecule has 2 nitrogen and oxygen atoms in total. The predicted molar refractivity (Wildman–Crippen MR) is 138 cm³/mol. The molecule has 0 N–H and O–H groups in total. The Balaban J connectivity index is 1.79. The van der Waals surface area contributed by atoms with E-state index in [1.54, 1.807) is 12.5 Å². The van der Waals surface area contributed by atoms with Gasteiger partial charge >= 0.3 is 0 Å². The average Bonchev–Trinajstić information content (AvgIpc) is 3.48. The molecule has 0 aliphatic rings. The van der Waals surface area contributed by atoms with Crippen molar-refractivity contribution in [3.8, 4) is 0 Å². The van der Waals surface area contributed by atoms with Gasteiger partial charge in [-0.05, 0) is 64.1 Å². The molecule has 2 aromatic rings. The molecule has 164 valence electrons. The molecule has 2 heterocycles. The lowest BCUT2D eigenvalue weighted by atomic mass is 10.2. The van der Waals surface area contributed by atoms with Crippen molar-refractivity contribution in [1.29, 1.82) is 0 Å². The van der Waals surface area contributed by atoms with E-state index >= 15 is 0 Å². The normalized spacial score (nSPS) is 15.0. The maximum Gasteiger partial charge on any atom is 0.126 e. The molecule has 32 heavy (non-hydrogen) atoms. The molecule has 0 atom stereocenters. The van der Waals surface area contributed by atoms with Crippen molar-refractivity contribution in [3.05, 3.63) is 144 Å². The van der Waals surface area contributed by atoms with Crippen molar-refractivity contribution in [3.63, 3.8) is 0 Å². The third-order valence-corrected chi connectivity index (χ3v) is 4.37. The molecule has 2 heteroatoms. The summed E-state index contributed by atoms with van der Waals surface area (Å²) in [7, 11) is 0. The van der Waals surface area contributed by atoms with Crippen molar-refractivity contribution in [1.82, 2.24) is 0 Å². The third-order valence-electron chi connectivity index (χ3n) is 4.37. The second kappa shape index (κ2) is 14.3. The molecule has 0 bridgehead atoms. The summed E-state index contributed by atoms with van der Waals surface area (Å²) in [5, 5.41) is 0. The van der Waals surface area contributed by atoms with Gasteiger partial charge < -0.3 is 8.83 Å². The summed E-state index contributed by atoms with van der Waals surface area (Å²) in [5.74, 6) is 1.71. The number of allylic oxidation sites excluding steroid dienone is 16. The Hall–Kier alpha value is -3.78. The first-order valence-electron chi connectivity index (χ1n) is 10.7. The maximum atomic E-state index is 5.29. The lowest BCUT2D eigenvalue weighted by Gasteiger charge is -1.91. The molecule has 0 aromatic carbocycles. The molecule has 0 saturated carbocycles. The molecule has 2 aromatic heterocycles. The molecule has 2 rings (SSSR count). The van der Waals surface area contributed by atoms with Crippen LogP contribution in [0.1, 0.15) is 39.2 Å². The summed E-state index contributed by atoms with van der Waals surface area (Å²) >= 11 is 0. The largest absolute Gasteiger partial charge is 0.465 e. The van der Waals surface area contributed by atoms with Gasteiger partial charge in [0, 0.05) is 0 Å². The zero-order valence-electron chi connectivity index (χ0n) is 19.4. The van der Waals surface area contributed by atoms with Crippen LogP contribution in [0.5, 0.6) is 0 Å². The van der Waals surface area contributed by atoms with Crippen LogP contribution in [0, 0.1) is 0 Å². The van der Waals surface area contributed by atoms with Gasteiger partial charge in [0.2, 0.25) is 0 Å². The van der Waals surface area contributed by atoms with E-state index in [9.17, 15) is 0 Å². The summed E-state index contributed by atoms with van der Waals surface area (Å²) in [6, 6.07) is 7.64. The van der Waals surface area contributed by atoms with Gasteiger partial charge in [0.05, 0.1) is 12.5 Å². The lowest BCUT2D eigenvalue weighted by molar-refractivity contribution is 0.556. The minimum Gasteiger partial charge on any atom is -0.465 e. The van der Waals surface area contributed by atoms with Gasteiger partial charge in [-0.15, -0.1) is 0 Å². The van der Waals surface area contributed by atoms with Crippen LogP contribution >= 0.6 is 0 Å². The van der Waals surface area contributed by atoms with E-state index in [1.165, 1.54) is 11.1 Å². The van der Waals surface area contributed by atoms with Crippen LogP contribution in [0.3, 0.4) is 0 Å². The van der Waals surface area contributed by atoms with Crippen molar-refractivity contribution in [2.75, 3.05) is 0 Å².